The Morgan fingerprint density at radius 2 is 1.67 bits per heavy atom. The Kier molecular flexibility index (Phi) is 5.15. The number of hydrogen-bond acceptors (Lipinski definition) is 2. The molecule has 0 saturated heterocycles. The first-order chi connectivity index (χ1) is 15.4. The zero-order chi connectivity index (χ0) is 24.0. The molecule has 3 nitrogen and oxygen atoms in total. The van der Waals surface area contributed by atoms with E-state index in [1.54, 1.807) is 6.92 Å². The maximum Gasteiger partial charge on any atom is 0.330 e. The van der Waals surface area contributed by atoms with Crippen LogP contribution in [0.25, 0.3) is 0 Å². The first-order valence-electron chi connectivity index (χ1n) is 13.8. The third kappa shape index (κ3) is 2.86. The smallest absolute Gasteiger partial charge is 0.330 e. The second-order valence-corrected chi connectivity index (χ2v) is 14.0. The van der Waals surface area contributed by atoms with E-state index >= 15 is 0 Å². The van der Waals surface area contributed by atoms with E-state index in [0.29, 0.717) is 44.9 Å². The van der Waals surface area contributed by atoms with Crippen LogP contribution in [0.2, 0.25) is 0 Å². The number of ketones is 1. The van der Waals surface area contributed by atoms with Crippen molar-refractivity contribution in [2.75, 3.05) is 0 Å². The molecule has 5 aliphatic carbocycles. The minimum Gasteiger partial charge on any atom is -0.478 e. The summed E-state index contributed by atoms with van der Waals surface area (Å²) in [7, 11) is 0. The van der Waals surface area contributed by atoms with Crippen LogP contribution in [0.4, 0.5) is 0 Å². The molecule has 5 fully saturated rings. The number of Topliss-reactive ketones (excluding diaryl/α,β-unsaturated/α-hetero) is 1. The molecule has 0 amide bonds. The number of carbonyl (C=O) groups is 2. The minimum absolute atomic E-state index is 0.122. The molecule has 0 aromatic heterocycles. The Bertz CT molecular complexity index is 900. The fourth-order valence-electron chi connectivity index (χ4n) is 11.0. The van der Waals surface area contributed by atoms with E-state index in [9.17, 15) is 9.59 Å². The minimum atomic E-state index is -0.790. The molecule has 8 atom stereocenters. The zero-order valence-corrected chi connectivity index (χ0v) is 21.9. The van der Waals surface area contributed by atoms with E-state index < -0.39 is 5.97 Å². The first kappa shape index (κ1) is 23.6. The Balaban J connectivity index is 1.37. The molecule has 0 aliphatic heterocycles. The zero-order valence-electron chi connectivity index (χ0n) is 21.9. The highest BCUT2D eigenvalue weighted by Crippen LogP contribution is 2.88. The molecule has 33 heavy (non-hydrogen) atoms. The van der Waals surface area contributed by atoms with Crippen LogP contribution >= 0.6 is 0 Å². The fourth-order valence-corrected chi connectivity index (χ4v) is 11.0. The lowest BCUT2D eigenvalue weighted by atomic mass is 9.42. The van der Waals surface area contributed by atoms with Gasteiger partial charge in [0.05, 0.1) is 0 Å². The van der Waals surface area contributed by atoms with Crippen LogP contribution in [0.5, 0.6) is 0 Å². The molecule has 2 spiro atoms. The summed E-state index contributed by atoms with van der Waals surface area (Å²) in [4.78, 5) is 24.0. The molecule has 0 aromatic rings. The van der Waals surface area contributed by atoms with Gasteiger partial charge in [-0.2, -0.15) is 0 Å². The lowest BCUT2D eigenvalue weighted by Crippen LogP contribution is -2.57. The van der Waals surface area contributed by atoms with Crippen molar-refractivity contribution in [3.8, 4) is 0 Å². The molecule has 5 aliphatic rings. The molecular formula is C30H46O3. The summed E-state index contributed by atoms with van der Waals surface area (Å²) in [5.74, 6) is 2.55. The van der Waals surface area contributed by atoms with Crippen LogP contribution in [0.1, 0.15) is 112 Å². The van der Waals surface area contributed by atoms with Crippen molar-refractivity contribution in [3.05, 3.63) is 11.6 Å². The molecule has 5 saturated carbocycles. The maximum absolute atomic E-state index is 12.8. The number of carbonyl (C=O) groups excluding carboxylic acids is 1. The summed E-state index contributed by atoms with van der Waals surface area (Å²) in [5.41, 5.74) is 2.14. The van der Waals surface area contributed by atoms with Gasteiger partial charge in [-0.25, -0.2) is 4.79 Å². The van der Waals surface area contributed by atoms with Crippen LogP contribution in [-0.4, -0.2) is 16.9 Å². The van der Waals surface area contributed by atoms with Gasteiger partial charge in [-0.1, -0.05) is 40.7 Å². The van der Waals surface area contributed by atoms with Crippen molar-refractivity contribution < 1.29 is 14.7 Å². The SMILES string of the molecule is C/C(=C/CC[C@@H](C)[C@H]1CC[C@@]2(C)C3CCC4C(C)(C)C(=O)CC[C@@]45C[C@@]35CC[C@]12C)C(=O)O. The first-order valence-corrected chi connectivity index (χ1v) is 13.8. The van der Waals surface area contributed by atoms with Gasteiger partial charge in [-0.05, 0) is 116 Å². The van der Waals surface area contributed by atoms with Gasteiger partial charge in [0, 0.05) is 17.4 Å². The van der Waals surface area contributed by atoms with Crippen molar-refractivity contribution in [2.24, 2.45) is 50.7 Å². The van der Waals surface area contributed by atoms with Crippen LogP contribution in [0.3, 0.4) is 0 Å². The molecule has 184 valence electrons. The monoisotopic (exact) mass is 454 g/mol. The number of allylic oxidation sites excluding steroid dienone is 1. The number of hydrogen-bond donors (Lipinski definition) is 1. The Hall–Kier alpha value is -1.12. The summed E-state index contributed by atoms with van der Waals surface area (Å²) < 4.78 is 0. The van der Waals surface area contributed by atoms with Crippen molar-refractivity contribution in [2.45, 2.75) is 112 Å². The molecule has 0 aromatic carbocycles. The third-order valence-corrected chi connectivity index (χ3v) is 13.0. The summed E-state index contributed by atoms with van der Waals surface area (Å²) in [6.45, 7) is 13.9. The summed E-state index contributed by atoms with van der Waals surface area (Å²) in [6.07, 6.45) is 15.3. The quantitative estimate of drug-likeness (QED) is 0.439. The van der Waals surface area contributed by atoms with Gasteiger partial charge in [0.15, 0.2) is 0 Å². The Morgan fingerprint density at radius 3 is 2.36 bits per heavy atom. The average molecular weight is 455 g/mol. The number of rotatable bonds is 5. The van der Waals surface area contributed by atoms with Crippen molar-refractivity contribution in [1.29, 1.82) is 0 Å². The van der Waals surface area contributed by atoms with Gasteiger partial charge in [0.1, 0.15) is 5.78 Å². The second-order valence-electron chi connectivity index (χ2n) is 14.0. The molecule has 0 radical (unpaired) electrons. The van der Waals surface area contributed by atoms with E-state index in [-0.39, 0.29) is 5.41 Å². The van der Waals surface area contributed by atoms with Gasteiger partial charge in [-0.15, -0.1) is 0 Å². The van der Waals surface area contributed by atoms with Crippen LogP contribution in [0, 0.1) is 50.7 Å². The maximum atomic E-state index is 12.8. The molecule has 2 unspecified atom stereocenters. The number of fused-ring (bicyclic) bond motifs is 2. The van der Waals surface area contributed by atoms with Gasteiger partial charge < -0.3 is 5.11 Å². The molecule has 5 rings (SSSR count). The van der Waals surface area contributed by atoms with Crippen LogP contribution in [-0.2, 0) is 9.59 Å². The van der Waals surface area contributed by atoms with Crippen LogP contribution in [0.15, 0.2) is 11.6 Å². The highest BCUT2D eigenvalue weighted by Gasteiger charge is 2.82. The third-order valence-electron chi connectivity index (χ3n) is 13.0. The number of aliphatic carboxylic acids is 1. The predicted octanol–water partition coefficient (Wildman–Crippen LogP) is 7.44. The lowest BCUT2D eigenvalue weighted by Gasteiger charge is -2.62. The highest BCUT2D eigenvalue weighted by molar-refractivity contribution is 5.86. The standard InChI is InChI=1S/C30H46O3/c1-19(8-7-9-20(2)25(32)33)21-12-14-28(6)23-11-10-22-26(3,4)24(31)13-15-29(22)18-30(23,29)17-16-27(21,28)5/h9,19,21-23H,7-8,10-18H2,1-6H3,(H,32,33)/b20-9-/t19-,21-,22?,23?,27-,28+,29-,30+/m1/s1. The van der Waals surface area contributed by atoms with Crippen molar-refractivity contribution in [1.82, 2.24) is 0 Å². The van der Waals surface area contributed by atoms with Gasteiger partial charge >= 0.3 is 5.97 Å². The predicted molar refractivity (Wildman–Crippen MR) is 132 cm³/mol. The normalized spacial score (nSPS) is 48.8. The van der Waals surface area contributed by atoms with E-state index in [4.69, 9.17) is 5.11 Å². The summed E-state index contributed by atoms with van der Waals surface area (Å²) >= 11 is 0. The number of carboxylic acid groups (broad SMARTS) is 1. The van der Waals surface area contributed by atoms with Crippen molar-refractivity contribution in [3.63, 3.8) is 0 Å². The van der Waals surface area contributed by atoms with Gasteiger partial charge in [0.25, 0.3) is 0 Å². The van der Waals surface area contributed by atoms with Crippen molar-refractivity contribution >= 4 is 11.8 Å². The van der Waals surface area contributed by atoms with E-state index in [1.807, 2.05) is 6.08 Å². The van der Waals surface area contributed by atoms with Gasteiger partial charge in [0.2, 0.25) is 0 Å². The van der Waals surface area contributed by atoms with Crippen LogP contribution < -0.4 is 0 Å². The Morgan fingerprint density at radius 1 is 1.00 bits per heavy atom. The Labute approximate surface area is 201 Å². The number of carboxylic acids is 1. The molecule has 0 bridgehead atoms. The largest absolute Gasteiger partial charge is 0.478 e. The van der Waals surface area contributed by atoms with E-state index in [2.05, 4.69) is 34.6 Å². The fraction of sp³-hybridized carbons (Fsp3) is 0.867. The lowest BCUT2D eigenvalue weighted by molar-refractivity contribution is -0.157. The second kappa shape index (κ2) is 7.20. The molecule has 0 heterocycles. The van der Waals surface area contributed by atoms with E-state index in [1.165, 1.54) is 44.9 Å². The average Bonchev–Trinajstić information content (AvgIpc) is 3.33. The van der Waals surface area contributed by atoms with E-state index in [0.717, 1.165) is 37.5 Å². The highest BCUT2D eigenvalue weighted by atomic mass is 16.4. The summed E-state index contributed by atoms with van der Waals surface area (Å²) in [5, 5.41) is 9.17. The summed E-state index contributed by atoms with van der Waals surface area (Å²) in [6, 6.07) is 0. The van der Waals surface area contributed by atoms with Gasteiger partial charge in [-0.3, -0.25) is 4.79 Å². The molecule has 1 N–H and O–H groups in total. The molecule has 3 heteroatoms. The topological polar surface area (TPSA) is 54.4 Å². The molecular weight excluding hydrogens is 408 g/mol.